The minimum Gasteiger partial charge on any atom is -0.496 e. The number of benzene rings is 2. The van der Waals surface area contributed by atoms with E-state index in [0.29, 0.717) is 5.02 Å². The summed E-state index contributed by atoms with van der Waals surface area (Å²) in [6.07, 6.45) is 1.82. The van der Waals surface area contributed by atoms with Crippen molar-refractivity contribution in [1.82, 2.24) is 0 Å². The summed E-state index contributed by atoms with van der Waals surface area (Å²) in [5.41, 5.74) is 4.03. The lowest BCUT2D eigenvalue weighted by Crippen LogP contribution is -2.36. The fourth-order valence-electron chi connectivity index (χ4n) is 2.69. The van der Waals surface area contributed by atoms with Crippen LogP contribution in [-0.4, -0.2) is 39.6 Å². The molecule has 1 aliphatic heterocycles. The SMILES string of the molecule is COc1cc(N2CCOCC2)ccc1C=Nc1cc(Cl)ccc1C. The zero-order valence-corrected chi connectivity index (χ0v) is 14.7. The van der Waals surface area contributed by atoms with Gasteiger partial charge in [-0.2, -0.15) is 0 Å². The Morgan fingerprint density at radius 1 is 1.17 bits per heavy atom. The van der Waals surface area contributed by atoms with Crippen LogP contribution in [0.15, 0.2) is 41.4 Å². The van der Waals surface area contributed by atoms with E-state index in [0.717, 1.165) is 54.6 Å². The highest BCUT2D eigenvalue weighted by molar-refractivity contribution is 6.30. The number of hydrogen-bond acceptors (Lipinski definition) is 4. The van der Waals surface area contributed by atoms with Gasteiger partial charge in [0, 0.05) is 41.6 Å². The van der Waals surface area contributed by atoms with E-state index < -0.39 is 0 Å². The molecule has 1 saturated heterocycles. The molecule has 1 aliphatic rings. The van der Waals surface area contributed by atoms with E-state index in [4.69, 9.17) is 21.1 Å². The van der Waals surface area contributed by atoms with Gasteiger partial charge in [0.15, 0.2) is 0 Å². The van der Waals surface area contributed by atoms with Gasteiger partial charge in [-0.1, -0.05) is 17.7 Å². The second-order valence-electron chi connectivity index (χ2n) is 5.71. The molecule has 5 heteroatoms. The molecule has 0 aliphatic carbocycles. The third-order valence-electron chi connectivity index (χ3n) is 4.11. The molecule has 0 radical (unpaired) electrons. The normalized spacial score (nSPS) is 15.0. The van der Waals surface area contributed by atoms with Crippen LogP contribution in [0.3, 0.4) is 0 Å². The van der Waals surface area contributed by atoms with Crippen LogP contribution in [0.25, 0.3) is 0 Å². The van der Waals surface area contributed by atoms with Gasteiger partial charge in [-0.15, -0.1) is 0 Å². The van der Waals surface area contributed by atoms with E-state index in [9.17, 15) is 0 Å². The second kappa shape index (κ2) is 7.69. The van der Waals surface area contributed by atoms with Crippen molar-refractivity contribution in [2.24, 2.45) is 4.99 Å². The molecule has 0 saturated carbocycles. The van der Waals surface area contributed by atoms with Gasteiger partial charge in [-0.25, -0.2) is 0 Å². The maximum Gasteiger partial charge on any atom is 0.129 e. The molecule has 0 amide bonds. The topological polar surface area (TPSA) is 34.1 Å². The van der Waals surface area contributed by atoms with Crippen LogP contribution in [0.5, 0.6) is 5.75 Å². The Hall–Kier alpha value is -2.04. The predicted molar refractivity (Wildman–Crippen MR) is 99.5 cm³/mol. The molecule has 126 valence electrons. The first-order valence-electron chi connectivity index (χ1n) is 7.98. The van der Waals surface area contributed by atoms with Crippen molar-refractivity contribution in [3.05, 3.63) is 52.5 Å². The molecule has 0 aromatic heterocycles. The van der Waals surface area contributed by atoms with Gasteiger partial charge in [0.2, 0.25) is 0 Å². The molecular formula is C19H21ClN2O2. The van der Waals surface area contributed by atoms with Crippen molar-refractivity contribution in [3.8, 4) is 5.75 Å². The molecule has 2 aromatic rings. The van der Waals surface area contributed by atoms with Crippen LogP contribution in [0.2, 0.25) is 5.02 Å². The van der Waals surface area contributed by atoms with Gasteiger partial charge < -0.3 is 14.4 Å². The molecule has 0 bridgehead atoms. The first kappa shape index (κ1) is 16.8. The van der Waals surface area contributed by atoms with E-state index in [1.165, 1.54) is 0 Å². The highest BCUT2D eigenvalue weighted by atomic mass is 35.5. The summed E-state index contributed by atoms with van der Waals surface area (Å²) in [7, 11) is 1.68. The summed E-state index contributed by atoms with van der Waals surface area (Å²) in [4.78, 5) is 6.86. The molecule has 24 heavy (non-hydrogen) atoms. The van der Waals surface area contributed by atoms with Gasteiger partial charge in [0.25, 0.3) is 0 Å². The fourth-order valence-corrected chi connectivity index (χ4v) is 2.85. The molecule has 4 nitrogen and oxygen atoms in total. The van der Waals surface area contributed by atoms with Gasteiger partial charge in [-0.05, 0) is 36.8 Å². The number of nitrogens with zero attached hydrogens (tertiary/aromatic N) is 2. The minimum absolute atomic E-state index is 0.683. The fraction of sp³-hybridized carbons (Fsp3) is 0.316. The van der Waals surface area contributed by atoms with E-state index in [1.54, 1.807) is 7.11 Å². The third kappa shape index (κ3) is 3.89. The number of aryl methyl sites for hydroxylation is 1. The van der Waals surface area contributed by atoms with Crippen LogP contribution < -0.4 is 9.64 Å². The molecule has 3 rings (SSSR count). The van der Waals surface area contributed by atoms with E-state index >= 15 is 0 Å². The van der Waals surface area contributed by atoms with Gasteiger partial charge >= 0.3 is 0 Å². The smallest absolute Gasteiger partial charge is 0.129 e. The summed E-state index contributed by atoms with van der Waals surface area (Å²) in [5, 5.41) is 0.683. The van der Waals surface area contributed by atoms with E-state index in [-0.39, 0.29) is 0 Å². The van der Waals surface area contributed by atoms with E-state index in [2.05, 4.69) is 22.0 Å². The summed E-state index contributed by atoms with van der Waals surface area (Å²) in [5.74, 6) is 0.808. The lowest BCUT2D eigenvalue weighted by Gasteiger charge is -2.29. The molecule has 0 N–H and O–H groups in total. The number of morpholine rings is 1. The average molecular weight is 345 g/mol. The molecule has 0 atom stereocenters. The first-order chi connectivity index (χ1) is 11.7. The number of hydrogen-bond donors (Lipinski definition) is 0. The quantitative estimate of drug-likeness (QED) is 0.778. The van der Waals surface area contributed by atoms with Crippen molar-refractivity contribution in [2.45, 2.75) is 6.92 Å². The Labute approximate surface area is 147 Å². The maximum atomic E-state index is 6.05. The second-order valence-corrected chi connectivity index (χ2v) is 6.15. The van der Waals surface area contributed by atoms with Gasteiger partial charge in [0.1, 0.15) is 5.75 Å². The van der Waals surface area contributed by atoms with Crippen molar-refractivity contribution in [1.29, 1.82) is 0 Å². The summed E-state index contributed by atoms with van der Waals surface area (Å²) in [6.45, 7) is 5.34. The van der Waals surface area contributed by atoms with Gasteiger partial charge in [0.05, 0.1) is 26.0 Å². The number of aliphatic imine (C=N–C) groups is 1. The monoisotopic (exact) mass is 344 g/mol. The molecule has 0 unspecified atom stereocenters. The summed E-state index contributed by atoms with van der Waals surface area (Å²) >= 11 is 6.05. The lowest BCUT2D eigenvalue weighted by atomic mass is 10.1. The van der Waals surface area contributed by atoms with Crippen LogP contribution >= 0.6 is 11.6 Å². The van der Waals surface area contributed by atoms with Crippen LogP contribution in [-0.2, 0) is 4.74 Å². The Bertz CT molecular complexity index is 740. The highest BCUT2D eigenvalue weighted by Crippen LogP contribution is 2.27. The first-order valence-corrected chi connectivity index (χ1v) is 8.36. The zero-order chi connectivity index (χ0) is 16.9. The van der Waals surface area contributed by atoms with Crippen molar-refractivity contribution < 1.29 is 9.47 Å². The largest absolute Gasteiger partial charge is 0.496 e. The average Bonchev–Trinajstić information content (AvgIpc) is 2.63. The van der Waals surface area contributed by atoms with Gasteiger partial charge in [-0.3, -0.25) is 4.99 Å². The molecule has 1 heterocycles. The highest BCUT2D eigenvalue weighted by Gasteiger charge is 2.13. The third-order valence-corrected chi connectivity index (χ3v) is 4.34. The molecule has 0 spiro atoms. The Morgan fingerprint density at radius 3 is 2.71 bits per heavy atom. The van der Waals surface area contributed by atoms with Crippen LogP contribution in [0.1, 0.15) is 11.1 Å². The zero-order valence-electron chi connectivity index (χ0n) is 14.0. The Morgan fingerprint density at radius 2 is 1.96 bits per heavy atom. The van der Waals surface area contributed by atoms with Crippen LogP contribution in [0.4, 0.5) is 11.4 Å². The van der Waals surface area contributed by atoms with Crippen LogP contribution in [0, 0.1) is 6.92 Å². The molecule has 2 aromatic carbocycles. The Balaban J connectivity index is 1.85. The van der Waals surface area contributed by atoms with E-state index in [1.807, 2.05) is 37.4 Å². The number of rotatable bonds is 4. The number of anilines is 1. The molecule has 1 fully saturated rings. The van der Waals surface area contributed by atoms with Crippen molar-refractivity contribution in [2.75, 3.05) is 38.3 Å². The number of halogens is 1. The molecular weight excluding hydrogens is 324 g/mol. The van der Waals surface area contributed by atoms with Crippen molar-refractivity contribution >= 4 is 29.2 Å². The number of ether oxygens (including phenoxy) is 2. The Kier molecular flexibility index (Phi) is 5.38. The number of methoxy groups -OCH3 is 1. The summed E-state index contributed by atoms with van der Waals surface area (Å²) < 4.78 is 10.9. The minimum atomic E-state index is 0.683. The van der Waals surface area contributed by atoms with Crippen molar-refractivity contribution in [3.63, 3.8) is 0 Å². The standard InChI is InChI=1S/C19H21ClN2O2/c1-14-3-5-16(20)11-18(14)21-13-15-4-6-17(12-19(15)23-2)22-7-9-24-10-8-22/h3-6,11-13H,7-10H2,1-2H3. The predicted octanol–water partition coefficient (Wildman–Crippen LogP) is 4.24. The summed E-state index contributed by atoms with van der Waals surface area (Å²) in [6, 6.07) is 11.9. The lowest BCUT2D eigenvalue weighted by molar-refractivity contribution is 0.122. The maximum absolute atomic E-state index is 6.05.